The van der Waals surface area contributed by atoms with Gasteiger partial charge in [-0.05, 0) is 60.8 Å². The van der Waals surface area contributed by atoms with Crippen molar-refractivity contribution in [2.45, 2.75) is 38.4 Å². The second-order valence-electron chi connectivity index (χ2n) is 10.4. The number of rotatable bonds is 9. The third-order valence-corrected chi connectivity index (χ3v) is 8.28. The van der Waals surface area contributed by atoms with E-state index in [1.54, 1.807) is 6.07 Å². The minimum Gasteiger partial charge on any atom is -0.348 e. The van der Waals surface area contributed by atoms with E-state index in [0.29, 0.717) is 10.0 Å². The van der Waals surface area contributed by atoms with Crippen LogP contribution in [-0.4, -0.2) is 59.0 Å². The maximum Gasteiger partial charge on any atom is 0.262 e. The van der Waals surface area contributed by atoms with E-state index in [0.717, 1.165) is 41.1 Å². The van der Waals surface area contributed by atoms with Crippen LogP contribution in [0, 0.1) is 0 Å². The summed E-state index contributed by atoms with van der Waals surface area (Å²) < 4.78 is 0. The van der Waals surface area contributed by atoms with Gasteiger partial charge in [-0.3, -0.25) is 34.2 Å². The molecule has 9 nitrogen and oxygen atoms in total. The van der Waals surface area contributed by atoms with Gasteiger partial charge < -0.3 is 10.2 Å². The Morgan fingerprint density at radius 3 is 2.43 bits per heavy atom. The molecule has 3 aromatic rings. The van der Waals surface area contributed by atoms with Crippen LogP contribution in [0.1, 0.15) is 60.6 Å². The number of piperidine rings is 1. The lowest BCUT2D eigenvalue weighted by atomic mass is 10.0. The minimum absolute atomic E-state index is 0.0362. The highest BCUT2D eigenvalue weighted by Gasteiger charge is 2.44. The normalized spacial score (nSPS) is 16.6. The van der Waals surface area contributed by atoms with Crippen LogP contribution in [0.15, 0.2) is 60.7 Å². The van der Waals surface area contributed by atoms with Gasteiger partial charge in [-0.1, -0.05) is 59.6 Å². The predicted octanol–water partition coefficient (Wildman–Crippen LogP) is 4.00. The highest BCUT2D eigenvalue weighted by Crippen LogP contribution is 2.29. The van der Waals surface area contributed by atoms with Crippen LogP contribution in [0.3, 0.4) is 0 Å². The van der Waals surface area contributed by atoms with Gasteiger partial charge in [0.1, 0.15) is 6.04 Å². The number of carbonyl (C=O) groups excluding carboxylic acids is 5. The fourth-order valence-corrected chi connectivity index (χ4v) is 5.52. The quantitative estimate of drug-likeness (QED) is 0.356. The average Bonchev–Trinajstić information content (AvgIpc) is 3.22. The summed E-state index contributed by atoms with van der Waals surface area (Å²) in [7, 11) is 2.03. The smallest absolute Gasteiger partial charge is 0.262 e. The Labute approximate surface area is 252 Å². The standard InChI is InChI=1S/C31H28Cl2N4O5/c1-36(14-13-20-3-2-4-24(32)27(20)33)17-19-7-5-18(6-8-19)16-34-28(39)21-9-10-22-23(15-21)31(42)37(30(22)41)25-11-12-26(38)35-29(25)40/h2-10,15,25H,11-14,16-17H2,1H3,(H,34,39)(H,35,38,40). The van der Waals surface area contributed by atoms with E-state index < -0.39 is 35.6 Å². The zero-order valence-electron chi connectivity index (χ0n) is 22.8. The van der Waals surface area contributed by atoms with Gasteiger partial charge >= 0.3 is 0 Å². The molecule has 1 saturated heterocycles. The number of likely N-dealkylation sites (N-methyl/N-ethyl adjacent to an activating group) is 1. The molecule has 11 heteroatoms. The van der Waals surface area contributed by atoms with E-state index in [1.165, 1.54) is 18.2 Å². The summed E-state index contributed by atoms with van der Waals surface area (Å²) in [5.41, 5.74) is 3.43. The number of benzene rings is 3. The first-order chi connectivity index (χ1) is 20.1. The molecule has 0 spiro atoms. The van der Waals surface area contributed by atoms with Crippen molar-refractivity contribution < 1.29 is 24.0 Å². The SMILES string of the molecule is CN(CCc1cccc(Cl)c1Cl)Cc1ccc(CNC(=O)c2ccc3c(c2)C(=O)N(C2CCC(=O)NC2=O)C3=O)cc1. The lowest BCUT2D eigenvalue weighted by molar-refractivity contribution is -0.136. The number of imide groups is 2. The number of nitrogens with one attached hydrogen (secondary N) is 2. The summed E-state index contributed by atoms with van der Waals surface area (Å²) in [6.07, 6.45) is 0.877. The fraction of sp³-hybridized carbons (Fsp3) is 0.258. The molecular formula is C31H28Cl2N4O5. The van der Waals surface area contributed by atoms with E-state index >= 15 is 0 Å². The molecule has 0 saturated carbocycles. The highest BCUT2D eigenvalue weighted by atomic mass is 35.5. The van der Waals surface area contributed by atoms with Gasteiger partial charge in [-0.15, -0.1) is 0 Å². The van der Waals surface area contributed by atoms with E-state index in [2.05, 4.69) is 15.5 Å². The molecule has 2 aliphatic heterocycles. The number of nitrogens with zero attached hydrogens (tertiary/aromatic N) is 2. The number of carbonyl (C=O) groups is 5. The molecule has 1 unspecified atom stereocenters. The van der Waals surface area contributed by atoms with Crippen LogP contribution in [0.2, 0.25) is 10.0 Å². The van der Waals surface area contributed by atoms with E-state index in [1.807, 2.05) is 43.4 Å². The zero-order chi connectivity index (χ0) is 30.0. The third-order valence-electron chi connectivity index (χ3n) is 7.42. The molecule has 42 heavy (non-hydrogen) atoms. The molecule has 2 aliphatic rings. The largest absolute Gasteiger partial charge is 0.348 e. The van der Waals surface area contributed by atoms with Crippen molar-refractivity contribution in [1.29, 1.82) is 0 Å². The molecule has 0 bridgehead atoms. The van der Waals surface area contributed by atoms with Crippen molar-refractivity contribution in [2.24, 2.45) is 0 Å². The summed E-state index contributed by atoms with van der Waals surface area (Å²) in [6.45, 7) is 1.81. The highest BCUT2D eigenvalue weighted by molar-refractivity contribution is 6.42. The van der Waals surface area contributed by atoms with Crippen LogP contribution in [0.4, 0.5) is 0 Å². The van der Waals surface area contributed by atoms with Crippen LogP contribution >= 0.6 is 23.2 Å². The van der Waals surface area contributed by atoms with Crippen LogP contribution in [-0.2, 0) is 29.1 Å². The van der Waals surface area contributed by atoms with Crippen molar-refractivity contribution in [3.05, 3.63) is 104 Å². The number of hydrogen-bond donors (Lipinski definition) is 2. The monoisotopic (exact) mass is 606 g/mol. The Morgan fingerprint density at radius 1 is 0.976 bits per heavy atom. The van der Waals surface area contributed by atoms with E-state index in [4.69, 9.17) is 23.2 Å². The summed E-state index contributed by atoms with van der Waals surface area (Å²) in [5, 5.41) is 6.15. The minimum atomic E-state index is -1.06. The molecule has 1 fully saturated rings. The third kappa shape index (κ3) is 6.23. The molecule has 5 rings (SSSR count). The topological polar surface area (TPSA) is 116 Å². The summed E-state index contributed by atoms with van der Waals surface area (Å²) in [5.74, 6) is -2.80. The fourth-order valence-electron chi connectivity index (χ4n) is 5.10. The molecule has 3 aromatic carbocycles. The Bertz CT molecular complexity index is 1590. The Balaban J connectivity index is 1.15. The van der Waals surface area contributed by atoms with Gasteiger partial charge in [0, 0.05) is 31.6 Å². The molecule has 2 N–H and O–H groups in total. The summed E-state index contributed by atoms with van der Waals surface area (Å²) in [6, 6.07) is 16.7. The average molecular weight is 607 g/mol. The zero-order valence-corrected chi connectivity index (χ0v) is 24.3. The first kappa shape index (κ1) is 29.4. The molecular weight excluding hydrogens is 579 g/mol. The molecule has 0 aromatic heterocycles. The molecule has 0 aliphatic carbocycles. The Kier molecular flexibility index (Phi) is 8.72. The molecule has 216 valence electrons. The lowest BCUT2D eigenvalue weighted by Crippen LogP contribution is -2.54. The second kappa shape index (κ2) is 12.4. The molecule has 0 radical (unpaired) electrons. The van der Waals surface area contributed by atoms with Crippen molar-refractivity contribution in [2.75, 3.05) is 13.6 Å². The van der Waals surface area contributed by atoms with E-state index in [-0.39, 0.29) is 36.1 Å². The van der Waals surface area contributed by atoms with Gasteiger partial charge in [0.25, 0.3) is 17.7 Å². The Hall–Kier alpha value is -4.05. The number of halogens is 2. The Morgan fingerprint density at radius 2 is 1.69 bits per heavy atom. The lowest BCUT2D eigenvalue weighted by Gasteiger charge is -2.27. The first-order valence-electron chi connectivity index (χ1n) is 13.5. The molecule has 1 atom stereocenters. The van der Waals surface area contributed by atoms with Gasteiger partial charge in [-0.25, -0.2) is 0 Å². The van der Waals surface area contributed by atoms with Crippen molar-refractivity contribution >= 4 is 52.7 Å². The van der Waals surface area contributed by atoms with Crippen LogP contribution in [0.5, 0.6) is 0 Å². The number of fused-ring (bicyclic) bond motifs is 1. The van der Waals surface area contributed by atoms with Crippen molar-refractivity contribution in [1.82, 2.24) is 20.4 Å². The molecule has 2 heterocycles. The van der Waals surface area contributed by atoms with E-state index in [9.17, 15) is 24.0 Å². The predicted molar refractivity (Wildman–Crippen MR) is 157 cm³/mol. The van der Waals surface area contributed by atoms with Crippen LogP contribution in [0.25, 0.3) is 0 Å². The number of hydrogen-bond acceptors (Lipinski definition) is 6. The van der Waals surface area contributed by atoms with Gasteiger partial charge in [0.15, 0.2) is 0 Å². The summed E-state index contributed by atoms with van der Waals surface area (Å²) >= 11 is 12.4. The molecule has 5 amide bonds. The van der Waals surface area contributed by atoms with Gasteiger partial charge in [0.2, 0.25) is 11.8 Å². The first-order valence-corrected chi connectivity index (χ1v) is 14.2. The van der Waals surface area contributed by atoms with Crippen LogP contribution < -0.4 is 10.6 Å². The second-order valence-corrected chi connectivity index (χ2v) is 11.2. The summed E-state index contributed by atoms with van der Waals surface area (Å²) in [4.78, 5) is 65.6. The maximum atomic E-state index is 13.0. The van der Waals surface area contributed by atoms with Gasteiger partial charge in [0.05, 0.1) is 21.2 Å². The van der Waals surface area contributed by atoms with Crippen molar-refractivity contribution in [3.63, 3.8) is 0 Å². The van der Waals surface area contributed by atoms with Crippen molar-refractivity contribution in [3.8, 4) is 0 Å². The number of amides is 5. The maximum absolute atomic E-state index is 13.0. The van der Waals surface area contributed by atoms with Gasteiger partial charge in [-0.2, -0.15) is 0 Å².